The van der Waals surface area contributed by atoms with Crippen molar-refractivity contribution in [2.75, 3.05) is 13.1 Å². The molecule has 2 rings (SSSR count). The van der Waals surface area contributed by atoms with Crippen LogP contribution in [0.1, 0.15) is 25.3 Å². The van der Waals surface area contributed by atoms with Crippen LogP contribution in [-0.4, -0.2) is 19.2 Å². The maximum Gasteiger partial charge on any atom is 0.138 e. The molecule has 0 unspecified atom stereocenters. The zero-order chi connectivity index (χ0) is 11.4. The molecule has 1 aliphatic rings. The van der Waals surface area contributed by atoms with Crippen molar-refractivity contribution >= 4 is 11.6 Å². The lowest BCUT2D eigenvalue weighted by molar-refractivity contribution is 0.167. The van der Waals surface area contributed by atoms with Crippen LogP contribution in [0.3, 0.4) is 0 Å². The summed E-state index contributed by atoms with van der Waals surface area (Å²) in [6.07, 6.45) is 3.55. The van der Waals surface area contributed by atoms with Gasteiger partial charge in [-0.2, -0.15) is 0 Å². The first-order valence-electron chi connectivity index (χ1n) is 5.95. The highest BCUT2D eigenvalue weighted by molar-refractivity contribution is 6.32. The van der Waals surface area contributed by atoms with Crippen molar-refractivity contribution in [1.82, 2.24) is 5.32 Å². The first-order valence-corrected chi connectivity index (χ1v) is 6.33. The van der Waals surface area contributed by atoms with Crippen LogP contribution in [0.4, 0.5) is 0 Å². The topological polar surface area (TPSA) is 21.3 Å². The van der Waals surface area contributed by atoms with E-state index in [0.717, 1.165) is 36.7 Å². The summed E-state index contributed by atoms with van der Waals surface area (Å²) in [4.78, 5) is 0. The molecule has 1 aliphatic heterocycles. The van der Waals surface area contributed by atoms with Gasteiger partial charge in [0.25, 0.3) is 0 Å². The Labute approximate surface area is 102 Å². The van der Waals surface area contributed by atoms with Crippen molar-refractivity contribution in [3.8, 4) is 5.75 Å². The molecule has 0 aromatic heterocycles. The van der Waals surface area contributed by atoms with Crippen LogP contribution in [0, 0.1) is 0 Å². The number of rotatable bonds is 3. The molecule has 0 aliphatic carbocycles. The minimum atomic E-state index is 0.263. The smallest absolute Gasteiger partial charge is 0.138 e. The molecule has 1 fully saturated rings. The Morgan fingerprint density at radius 3 is 3.00 bits per heavy atom. The largest absolute Gasteiger partial charge is 0.488 e. The van der Waals surface area contributed by atoms with E-state index in [2.05, 4.69) is 18.3 Å². The summed E-state index contributed by atoms with van der Waals surface area (Å²) in [6.45, 7) is 4.14. The summed E-state index contributed by atoms with van der Waals surface area (Å²) in [5.41, 5.74) is 1.25. The fourth-order valence-electron chi connectivity index (χ4n) is 1.96. The van der Waals surface area contributed by atoms with Gasteiger partial charge < -0.3 is 10.1 Å². The minimum Gasteiger partial charge on any atom is -0.488 e. The lowest BCUT2D eigenvalue weighted by Crippen LogP contribution is -2.37. The van der Waals surface area contributed by atoms with Gasteiger partial charge in [-0.25, -0.2) is 0 Å². The highest BCUT2D eigenvalue weighted by atomic mass is 35.5. The molecule has 1 N–H and O–H groups in total. The van der Waals surface area contributed by atoms with Gasteiger partial charge in [-0.05, 0) is 43.5 Å². The van der Waals surface area contributed by atoms with Crippen LogP contribution in [0.2, 0.25) is 5.02 Å². The van der Waals surface area contributed by atoms with E-state index in [1.807, 2.05) is 12.1 Å². The van der Waals surface area contributed by atoms with Crippen molar-refractivity contribution in [1.29, 1.82) is 0 Å². The van der Waals surface area contributed by atoms with Crippen LogP contribution in [0.5, 0.6) is 5.75 Å². The molecule has 1 aromatic rings. The number of nitrogens with one attached hydrogen (secondary N) is 1. The Hall–Kier alpha value is -0.730. The van der Waals surface area contributed by atoms with Crippen molar-refractivity contribution in [3.05, 3.63) is 28.8 Å². The zero-order valence-corrected chi connectivity index (χ0v) is 10.4. The van der Waals surface area contributed by atoms with Crippen LogP contribution in [-0.2, 0) is 6.42 Å². The van der Waals surface area contributed by atoms with Crippen molar-refractivity contribution in [2.45, 2.75) is 32.3 Å². The van der Waals surface area contributed by atoms with Crippen LogP contribution >= 0.6 is 11.6 Å². The minimum absolute atomic E-state index is 0.263. The number of ether oxygens (including phenoxy) is 1. The summed E-state index contributed by atoms with van der Waals surface area (Å²) in [5.74, 6) is 0.813. The Balaban J connectivity index is 2.03. The van der Waals surface area contributed by atoms with Gasteiger partial charge >= 0.3 is 0 Å². The maximum atomic E-state index is 6.18. The summed E-state index contributed by atoms with van der Waals surface area (Å²) in [6, 6.07) is 6.06. The molecule has 3 heteroatoms. The summed E-state index contributed by atoms with van der Waals surface area (Å²) in [7, 11) is 0. The van der Waals surface area contributed by atoms with Crippen LogP contribution in [0.25, 0.3) is 0 Å². The average molecular weight is 240 g/mol. The average Bonchev–Trinajstić information content (AvgIpc) is 2.33. The van der Waals surface area contributed by atoms with E-state index in [-0.39, 0.29) is 6.10 Å². The van der Waals surface area contributed by atoms with Gasteiger partial charge in [0.05, 0.1) is 5.02 Å². The van der Waals surface area contributed by atoms with Crippen molar-refractivity contribution in [2.24, 2.45) is 0 Å². The molecule has 0 spiro atoms. The molecule has 0 saturated carbocycles. The molecule has 2 nitrogen and oxygen atoms in total. The molecule has 0 amide bonds. The molecule has 16 heavy (non-hydrogen) atoms. The Bertz CT molecular complexity index is 348. The van der Waals surface area contributed by atoms with E-state index in [1.54, 1.807) is 0 Å². The van der Waals surface area contributed by atoms with E-state index in [0.29, 0.717) is 0 Å². The number of hydrogen-bond acceptors (Lipinski definition) is 2. The molecule has 0 radical (unpaired) electrons. The summed E-state index contributed by atoms with van der Waals surface area (Å²) < 4.78 is 5.89. The normalized spacial score (nSPS) is 20.8. The molecule has 1 aromatic carbocycles. The highest BCUT2D eigenvalue weighted by Crippen LogP contribution is 2.27. The third kappa shape index (κ3) is 2.89. The number of benzene rings is 1. The fourth-order valence-corrected chi connectivity index (χ4v) is 2.21. The molecule has 88 valence electrons. The number of aryl methyl sites for hydroxylation is 1. The Morgan fingerprint density at radius 2 is 2.38 bits per heavy atom. The molecule has 1 heterocycles. The second kappa shape index (κ2) is 5.55. The number of halogens is 1. The lowest BCUT2D eigenvalue weighted by Gasteiger charge is -2.24. The van der Waals surface area contributed by atoms with Crippen LogP contribution < -0.4 is 10.1 Å². The lowest BCUT2D eigenvalue weighted by atomic mass is 10.1. The van der Waals surface area contributed by atoms with Crippen molar-refractivity contribution < 1.29 is 4.74 Å². The monoisotopic (exact) mass is 239 g/mol. The molecule has 0 bridgehead atoms. The van der Waals surface area contributed by atoms with E-state index < -0.39 is 0 Å². The molecular weight excluding hydrogens is 222 g/mol. The van der Waals surface area contributed by atoms with Gasteiger partial charge in [-0.3, -0.25) is 0 Å². The first kappa shape index (κ1) is 11.7. The van der Waals surface area contributed by atoms with Gasteiger partial charge in [0.1, 0.15) is 11.9 Å². The SMILES string of the molecule is CCc1ccc(O[C@H]2CCCNC2)c(Cl)c1. The molecule has 1 atom stereocenters. The van der Waals surface area contributed by atoms with E-state index in [9.17, 15) is 0 Å². The second-order valence-electron chi connectivity index (χ2n) is 4.20. The fraction of sp³-hybridized carbons (Fsp3) is 0.538. The maximum absolute atomic E-state index is 6.18. The first-order chi connectivity index (χ1) is 7.79. The second-order valence-corrected chi connectivity index (χ2v) is 4.61. The summed E-state index contributed by atoms with van der Waals surface area (Å²) in [5, 5.41) is 4.06. The van der Waals surface area contributed by atoms with Gasteiger partial charge in [0.15, 0.2) is 0 Å². The van der Waals surface area contributed by atoms with Gasteiger partial charge in [-0.15, -0.1) is 0 Å². The predicted octanol–water partition coefficient (Wildman–Crippen LogP) is 3.03. The number of hydrogen-bond donors (Lipinski definition) is 1. The highest BCUT2D eigenvalue weighted by Gasteiger charge is 2.15. The predicted molar refractivity (Wildman–Crippen MR) is 67.3 cm³/mol. The third-order valence-electron chi connectivity index (χ3n) is 2.95. The standard InChI is InChI=1S/C13H18ClNO/c1-2-10-5-6-13(12(14)8-10)16-11-4-3-7-15-9-11/h5-6,8,11,15H,2-4,7,9H2,1H3/t11-/m0/s1. The third-order valence-corrected chi connectivity index (χ3v) is 3.25. The van der Waals surface area contributed by atoms with E-state index in [1.165, 1.54) is 12.0 Å². The quantitative estimate of drug-likeness (QED) is 0.876. The van der Waals surface area contributed by atoms with Gasteiger partial charge in [0, 0.05) is 6.54 Å². The zero-order valence-electron chi connectivity index (χ0n) is 9.63. The van der Waals surface area contributed by atoms with Crippen LogP contribution in [0.15, 0.2) is 18.2 Å². The summed E-state index contributed by atoms with van der Waals surface area (Å²) >= 11 is 6.18. The molecular formula is C13H18ClNO. The Morgan fingerprint density at radius 1 is 1.50 bits per heavy atom. The Kier molecular flexibility index (Phi) is 4.08. The van der Waals surface area contributed by atoms with Gasteiger partial charge in [-0.1, -0.05) is 24.6 Å². The van der Waals surface area contributed by atoms with Crippen molar-refractivity contribution in [3.63, 3.8) is 0 Å². The van der Waals surface area contributed by atoms with Gasteiger partial charge in [0.2, 0.25) is 0 Å². The van der Waals surface area contributed by atoms with E-state index in [4.69, 9.17) is 16.3 Å². The van der Waals surface area contributed by atoms with E-state index >= 15 is 0 Å². The number of piperidine rings is 1. The molecule has 1 saturated heterocycles.